The van der Waals surface area contributed by atoms with E-state index >= 15 is 0 Å². The summed E-state index contributed by atoms with van der Waals surface area (Å²) in [6.07, 6.45) is 6.43. The fourth-order valence-electron chi connectivity index (χ4n) is 8.13. The molecule has 3 aliphatic rings. The van der Waals surface area contributed by atoms with E-state index in [1.807, 2.05) is 98.9 Å². The number of hydrogen-bond acceptors (Lipinski definition) is 10. The van der Waals surface area contributed by atoms with Crippen LogP contribution in [-0.4, -0.2) is 106 Å². The minimum absolute atomic E-state index is 0.197. The van der Waals surface area contributed by atoms with Gasteiger partial charge in [0, 0.05) is 24.7 Å². The predicted molar refractivity (Wildman–Crippen MR) is 223 cm³/mol. The van der Waals surface area contributed by atoms with Gasteiger partial charge in [-0.05, 0) is 28.2 Å². The lowest BCUT2D eigenvalue weighted by molar-refractivity contribution is -0.153. The van der Waals surface area contributed by atoms with Crippen LogP contribution in [0.1, 0.15) is 55.6 Å². The van der Waals surface area contributed by atoms with Gasteiger partial charge in [-0.3, -0.25) is 9.59 Å². The van der Waals surface area contributed by atoms with Crippen molar-refractivity contribution in [1.29, 1.82) is 0 Å². The maximum atomic E-state index is 14.0. The summed E-state index contributed by atoms with van der Waals surface area (Å²) in [5.41, 5.74) is 6.00. The Morgan fingerprint density at radius 3 is 2.10 bits per heavy atom. The number of aromatic nitrogens is 4. The highest BCUT2D eigenvalue weighted by Gasteiger charge is 2.52. The van der Waals surface area contributed by atoms with Crippen molar-refractivity contribution < 1.29 is 38.1 Å². The number of ether oxygens (including phenoxy) is 4. The Morgan fingerprint density at radius 1 is 0.803 bits per heavy atom. The van der Waals surface area contributed by atoms with E-state index in [-0.39, 0.29) is 24.3 Å². The number of nitrogens with zero attached hydrogens (tertiary/aromatic N) is 4. The molecule has 1 spiro atoms. The monoisotopic (exact) mass is 828 g/mol. The van der Waals surface area contributed by atoms with E-state index in [2.05, 4.69) is 20.6 Å². The molecule has 8 rings (SSSR count). The summed E-state index contributed by atoms with van der Waals surface area (Å²) in [4.78, 5) is 71.8. The number of rotatable bonds is 11. The minimum Gasteiger partial charge on any atom is -0.453 e. The number of carbonyl (C=O) groups excluding carboxylic acids is 4. The van der Waals surface area contributed by atoms with Crippen LogP contribution in [-0.2, 0) is 28.5 Å². The summed E-state index contributed by atoms with van der Waals surface area (Å²) in [6, 6.07) is 22.6. The molecule has 0 bridgehead atoms. The van der Waals surface area contributed by atoms with Crippen LogP contribution in [0.25, 0.3) is 33.6 Å². The summed E-state index contributed by atoms with van der Waals surface area (Å²) in [5.74, 6) is -0.492. The second-order valence-electron chi connectivity index (χ2n) is 15.5. The molecule has 16 heteroatoms. The van der Waals surface area contributed by atoms with E-state index < -0.39 is 42.1 Å². The third kappa shape index (κ3) is 8.49. The molecule has 0 aliphatic carbocycles. The van der Waals surface area contributed by atoms with E-state index in [0.29, 0.717) is 43.4 Å². The van der Waals surface area contributed by atoms with Gasteiger partial charge >= 0.3 is 12.2 Å². The Bertz CT molecular complexity index is 2390. The summed E-state index contributed by atoms with van der Waals surface area (Å²) in [6.45, 7) is 5.17. The Labute approximate surface area is 352 Å². The van der Waals surface area contributed by atoms with E-state index in [0.717, 1.165) is 33.6 Å². The number of likely N-dealkylation sites (tertiary alicyclic amines) is 1. The lowest BCUT2D eigenvalue weighted by Crippen LogP contribution is -2.52. The molecule has 2 fully saturated rings. The van der Waals surface area contributed by atoms with E-state index in [1.165, 1.54) is 14.2 Å². The van der Waals surface area contributed by atoms with Crippen molar-refractivity contribution in [3.05, 3.63) is 121 Å². The smallest absolute Gasteiger partial charge is 0.407 e. The first-order valence-electron chi connectivity index (χ1n) is 20.2. The maximum Gasteiger partial charge on any atom is 0.407 e. The highest BCUT2D eigenvalue weighted by Crippen LogP contribution is 2.43. The van der Waals surface area contributed by atoms with Crippen LogP contribution < -0.4 is 10.6 Å². The Hall–Kier alpha value is -6.78. The van der Waals surface area contributed by atoms with Crippen molar-refractivity contribution in [2.45, 2.75) is 50.2 Å². The van der Waals surface area contributed by atoms with Gasteiger partial charge in [-0.25, -0.2) is 19.6 Å². The van der Waals surface area contributed by atoms with Gasteiger partial charge < -0.3 is 49.3 Å². The normalized spacial score (nSPS) is 19.0. The first kappa shape index (κ1) is 41.0. The minimum atomic E-state index is -0.940. The van der Waals surface area contributed by atoms with Crippen molar-refractivity contribution in [3.63, 3.8) is 0 Å². The molecule has 3 aliphatic heterocycles. The van der Waals surface area contributed by atoms with E-state index in [9.17, 15) is 19.2 Å². The average molecular weight is 829 g/mol. The Balaban J connectivity index is 0.948. The van der Waals surface area contributed by atoms with Crippen molar-refractivity contribution >= 4 is 24.0 Å². The number of hydrogen-bond donors (Lipinski definition) is 4. The summed E-state index contributed by atoms with van der Waals surface area (Å²) >= 11 is 0. The van der Waals surface area contributed by atoms with Gasteiger partial charge in [0.1, 0.15) is 29.8 Å². The first-order chi connectivity index (χ1) is 29.6. The number of carbonyl (C=O) groups is 4. The topological polar surface area (TPSA) is 193 Å². The molecule has 0 saturated carbocycles. The zero-order valence-electron chi connectivity index (χ0n) is 34.3. The molecule has 316 valence electrons. The highest BCUT2D eigenvalue weighted by molar-refractivity contribution is 5.88. The third-order valence-corrected chi connectivity index (χ3v) is 11.3. The largest absolute Gasteiger partial charge is 0.453 e. The molecule has 0 unspecified atom stereocenters. The average Bonchev–Trinajstić information content (AvgIpc) is 4.15. The van der Waals surface area contributed by atoms with Crippen molar-refractivity contribution in [1.82, 2.24) is 40.4 Å². The lowest BCUT2D eigenvalue weighted by atomic mass is 10.0. The molecule has 5 aromatic rings. The molecule has 2 saturated heterocycles. The van der Waals surface area contributed by atoms with Crippen LogP contribution in [0.4, 0.5) is 9.59 Å². The van der Waals surface area contributed by atoms with Gasteiger partial charge in [0.05, 0.1) is 57.6 Å². The zero-order chi connectivity index (χ0) is 42.7. The first-order valence-corrected chi connectivity index (χ1v) is 20.2. The molecule has 16 nitrogen and oxygen atoms in total. The molecule has 2 aromatic heterocycles. The van der Waals surface area contributed by atoms with E-state index in [4.69, 9.17) is 28.9 Å². The summed E-state index contributed by atoms with van der Waals surface area (Å²) in [5, 5.41) is 5.37. The predicted octanol–water partition coefficient (Wildman–Crippen LogP) is 6.07. The molecule has 4 N–H and O–H groups in total. The van der Waals surface area contributed by atoms with Crippen LogP contribution in [0.2, 0.25) is 0 Å². The Morgan fingerprint density at radius 2 is 1.44 bits per heavy atom. The van der Waals surface area contributed by atoms with Gasteiger partial charge in [0.15, 0.2) is 5.79 Å². The molecule has 0 radical (unpaired) electrons. The summed E-state index contributed by atoms with van der Waals surface area (Å²) < 4.78 is 21.6. The van der Waals surface area contributed by atoms with Crippen molar-refractivity contribution in [3.8, 4) is 33.6 Å². The highest BCUT2D eigenvalue weighted by atomic mass is 16.7. The number of benzene rings is 3. The fraction of sp³-hybridized carbons (Fsp3) is 0.333. The van der Waals surface area contributed by atoms with Crippen LogP contribution in [0.5, 0.6) is 0 Å². The zero-order valence-corrected chi connectivity index (χ0v) is 34.3. The van der Waals surface area contributed by atoms with Gasteiger partial charge in [0.2, 0.25) is 5.91 Å². The van der Waals surface area contributed by atoms with Gasteiger partial charge in [-0.15, -0.1) is 0 Å². The quantitative estimate of drug-likeness (QED) is 0.114. The number of alkyl carbamates (subject to hydrolysis) is 2. The molecule has 61 heavy (non-hydrogen) atoms. The van der Waals surface area contributed by atoms with Crippen LogP contribution in [0.15, 0.2) is 103 Å². The van der Waals surface area contributed by atoms with Gasteiger partial charge in [-0.2, -0.15) is 0 Å². The van der Waals surface area contributed by atoms with Gasteiger partial charge in [0.25, 0.3) is 5.91 Å². The van der Waals surface area contributed by atoms with Crippen molar-refractivity contribution in [2.24, 2.45) is 5.92 Å². The second-order valence-corrected chi connectivity index (χ2v) is 15.5. The van der Waals surface area contributed by atoms with Crippen molar-refractivity contribution in [2.75, 3.05) is 40.5 Å². The van der Waals surface area contributed by atoms with Crippen LogP contribution in [0.3, 0.4) is 0 Å². The third-order valence-electron chi connectivity index (χ3n) is 11.3. The molecule has 5 heterocycles. The Kier molecular flexibility index (Phi) is 11.7. The molecule has 3 aromatic carbocycles. The molecule has 4 atom stereocenters. The number of imidazole rings is 2. The standard InChI is InChI=1S/C45H48N8O8/c1-27(2)37(50-43(56)58-3)41(54)53-26-45(60-21-22-61-45)23-36(53)40-47-25-34(49-40)31-18-14-29(15-19-31)28-12-16-30(17-13-28)33-24-46-39(48-33)35-11-8-20-52(35)42(55)38(51-44(57)59-4)32-9-6-5-7-10-32/h5-19,24-25,27,35-38H,20-23,26H2,1-4H3,(H,46,48)(H,47,49)(H,50,56)(H,51,57)/t35-,36-,37-,38+/m0/s1. The molecular weight excluding hydrogens is 781 g/mol. The fourth-order valence-corrected chi connectivity index (χ4v) is 8.13. The molecule has 4 amide bonds. The number of amides is 4. The van der Waals surface area contributed by atoms with Crippen LogP contribution in [0, 0.1) is 5.92 Å². The number of H-pyrrole nitrogens is 2. The molecular formula is C45H48N8O8. The van der Waals surface area contributed by atoms with Gasteiger partial charge in [-0.1, -0.05) is 105 Å². The maximum absolute atomic E-state index is 14.0. The number of aromatic amines is 2. The summed E-state index contributed by atoms with van der Waals surface area (Å²) in [7, 11) is 2.53. The lowest BCUT2D eigenvalue weighted by Gasteiger charge is -2.30. The second kappa shape index (κ2) is 17.4. The van der Waals surface area contributed by atoms with E-state index in [1.54, 1.807) is 28.1 Å². The number of methoxy groups -OCH3 is 2. The van der Waals surface area contributed by atoms with Crippen LogP contribution >= 0.6 is 0 Å². The SMILES string of the molecule is COC(=O)N[C@H](C(=O)N1CC2(C[C@H]1c1ncc(-c3ccc(-c4ccc(-c5c[nH]c([C@@H]6C=CCN6C(=O)[C@H](NC(=O)OC)c6ccccc6)n5)cc4)cc3)[nH]1)OCCO2)C(C)C. The number of nitrogens with one attached hydrogen (secondary N) is 4.